The van der Waals surface area contributed by atoms with Crippen LogP contribution < -0.4 is 14.4 Å². The molecule has 0 bridgehead atoms. The van der Waals surface area contributed by atoms with Gasteiger partial charge in [-0.2, -0.15) is 0 Å². The van der Waals surface area contributed by atoms with Gasteiger partial charge in [-0.15, -0.1) is 0 Å². The number of benzene rings is 3. The second kappa shape index (κ2) is 12.3. The molecule has 41 heavy (non-hydrogen) atoms. The number of rotatable bonds is 10. The highest BCUT2D eigenvalue weighted by molar-refractivity contribution is 5.99. The van der Waals surface area contributed by atoms with E-state index in [0.29, 0.717) is 47.2 Å². The normalized spacial score (nSPS) is 14.0. The molecule has 4 aromatic rings. The maximum absolute atomic E-state index is 13.4. The van der Waals surface area contributed by atoms with Crippen LogP contribution in [-0.4, -0.2) is 64.5 Å². The molecule has 1 aromatic heterocycles. The fourth-order valence-electron chi connectivity index (χ4n) is 5.04. The van der Waals surface area contributed by atoms with Crippen molar-refractivity contribution in [1.29, 1.82) is 0 Å². The molecule has 3 aromatic carbocycles. The van der Waals surface area contributed by atoms with E-state index >= 15 is 0 Å². The molecule has 2 heterocycles. The quantitative estimate of drug-likeness (QED) is 0.244. The zero-order chi connectivity index (χ0) is 28.9. The molecule has 212 valence electrons. The topological polar surface area (TPSA) is 108 Å². The molecule has 1 fully saturated rings. The largest absolute Gasteiger partial charge is 0.496 e. The van der Waals surface area contributed by atoms with E-state index in [1.165, 1.54) is 27.4 Å². The van der Waals surface area contributed by atoms with Gasteiger partial charge in [-0.05, 0) is 48.0 Å². The lowest BCUT2D eigenvalue weighted by Gasteiger charge is -2.29. The Morgan fingerprint density at radius 2 is 1.54 bits per heavy atom. The number of anilines is 1. The van der Waals surface area contributed by atoms with E-state index in [0.717, 1.165) is 24.3 Å². The van der Waals surface area contributed by atoms with Gasteiger partial charge in [0, 0.05) is 37.0 Å². The van der Waals surface area contributed by atoms with E-state index in [2.05, 4.69) is 4.90 Å². The first-order chi connectivity index (χ1) is 19.9. The minimum atomic E-state index is -1.06. The molecule has 5 rings (SSSR count). The van der Waals surface area contributed by atoms with Crippen LogP contribution in [0.1, 0.15) is 32.6 Å². The van der Waals surface area contributed by atoms with Gasteiger partial charge in [0.15, 0.2) is 5.76 Å². The zero-order valence-electron chi connectivity index (χ0n) is 23.1. The van der Waals surface area contributed by atoms with Gasteiger partial charge in [-0.1, -0.05) is 30.3 Å². The highest BCUT2D eigenvalue weighted by Gasteiger charge is 2.26. The number of aromatic carboxylic acids is 1. The molecule has 0 aliphatic carbocycles. The van der Waals surface area contributed by atoms with Crippen molar-refractivity contribution in [2.75, 3.05) is 52.5 Å². The summed E-state index contributed by atoms with van der Waals surface area (Å²) in [6, 6.07) is 21.1. The lowest BCUT2D eigenvalue weighted by molar-refractivity contribution is 0.0577. The van der Waals surface area contributed by atoms with Crippen LogP contribution in [0.4, 0.5) is 5.69 Å². The summed E-state index contributed by atoms with van der Waals surface area (Å²) in [4.78, 5) is 27.6. The Morgan fingerprint density at radius 3 is 2.15 bits per heavy atom. The first-order valence-corrected chi connectivity index (χ1v) is 13.1. The molecule has 1 saturated heterocycles. The Labute approximate surface area is 237 Å². The molecule has 9 heteroatoms. The van der Waals surface area contributed by atoms with Crippen molar-refractivity contribution < 1.29 is 38.1 Å². The number of methoxy groups -OCH3 is 3. The van der Waals surface area contributed by atoms with Gasteiger partial charge in [0.05, 0.1) is 38.6 Å². The van der Waals surface area contributed by atoms with E-state index in [4.69, 9.17) is 23.4 Å². The number of carboxylic acid groups (broad SMARTS) is 1. The van der Waals surface area contributed by atoms with Crippen LogP contribution in [-0.2, 0) is 9.47 Å². The number of furan rings is 1. The fraction of sp³-hybridized carbons (Fsp3) is 0.250. The van der Waals surface area contributed by atoms with Gasteiger partial charge < -0.3 is 33.4 Å². The number of nitrogens with zero attached hydrogens (tertiary/aromatic N) is 1. The summed E-state index contributed by atoms with van der Waals surface area (Å²) in [6.07, 6.45) is -0.841. The first kappa shape index (κ1) is 27.9. The first-order valence-electron chi connectivity index (χ1n) is 13.1. The van der Waals surface area contributed by atoms with Crippen molar-refractivity contribution in [3.05, 3.63) is 89.7 Å². The van der Waals surface area contributed by atoms with Crippen LogP contribution in [0.25, 0.3) is 22.5 Å². The minimum Gasteiger partial charge on any atom is -0.496 e. The smallest absolute Gasteiger partial charge is 0.336 e. The lowest BCUT2D eigenvalue weighted by atomic mass is 9.96. The summed E-state index contributed by atoms with van der Waals surface area (Å²) in [5.74, 6) is -0.0296. The number of carboxylic acids is 1. The Morgan fingerprint density at radius 1 is 0.878 bits per heavy atom. The van der Waals surface area contributed by atoms with E-state index in [9.17, 15) is 14.7 Å². The average Bonchev–Trinajstić information content (AvgIpc) is 3.52. The SMILES string of the molecule is COc1cc(-c2ccc(C(=O)C(OC)c3ccc(N4CCOCC4)cc3)o2)cc(OC)c1-c1ccccc1C(=O)O. The molecular weight excluding hydrogens is 526 g/mol. The van der Waals surface area contributed by atoms with Crippen molar-refractivity contribution in [3.63, 3.8) is 0 Å². The summed E-state index contributed by atoms with van der Waals surface area (Å²) < 4.78 is 28.3. The number of carbonyl (C=O) groups excluding carboxylic acids is 1. The van der Waals surface area contributed by atoms with Crippen LogP contribution >= 0.6 is 0 Å². The van der Waals surface area contributed by atoms with Crippen molar-refractivity contribution in [2.24, 2.45) is 0 Å². The number of morpholine rings is 1. The Kier molecular flexibility index (Phi) is 8.37. The number of ketones is 1. The third-order valence-corrected chi connectivity index (χ3v) is 7.11. The number of carbonyl (C=O) groups is 2. The predicted octanol–water partition coefficient (Wildman–Crippen LogP) is 5.74. The minimum absolute atomic E-state index is 0.117. The summed E-state index contributed by atoms with van der Waals surface area (Å²) in [5.41, 5.74) is 3.45. The maximum Gasteiger partial charge on any atom is 0.336 e. The third-order valence-electron chi connectivity index (χ3n) is 7.11. The van der Waals surface area contributed by atoms with Crippen molar-refractivity contribution in [2.45, 2.75) is 6.10 Å². The molecule has 0 spiro atoms. The third kappa shape index (κ3) is 5.68. The number of ether oxygens (including phenoxy) is 4. The van der Waals surface area contributed by atoms with Gasteiger partial charge in [-0.25, -0.2) is 4.79 Å². The van der Waals surface area contributed by atoms with Crippen LogP contribution in [0.2, 0.25) is 0 Å². The molecule has 1 aliphatic rings. The summed E-state index contributed by atoms with van der Waals surface area (Å²) in [5, 5.41) is 9.72. The molecule has 0 saturated carbocycles. The second-order valence-electron chi connectivity index (χ2n) is 9.44. The van der Waals surface area contributed by atoms with Crippen molar-refractivity contribution >= 4 is 17.4 Å². The number of hydrogen-bond donors (Lipinski definition) is 1. The van der Waals surface area contributed by atoms with Crippen LogP contribution in [0.3, 0.4) is 0 Å². The van der Waals surface area contributed by atoms with E-state index < -0.39 is 12.1 Å². The molecule has 0 radical (unpaired) electrons. The molecule has 0 amide bonds. The summed E-state index contributed by atoms with van der Waals surface area (Å²) in [7, 11) is 4.48. The van der Waals surface area contributed by atoms with Gasteiger partial charge >= 0.3 is 5.97 Å². The fourth-order valence-corrected chi connectivity index (χ4v) is 5.04. The Hall–Kier alpha value is -4.60. The van der Waals surface area contributed by atoms with Crippen LogP contribution in [0.5, 0.6) is 11.5 Å². The predicted molar refractivity (Wildman–Crippen MR) is 153 cm³/mol. The molecule has 1 unspecified atom stereocenters. The second-order valence-corrected chi connectivity index (χ2v) is 9.44. The molecule has 9 nitrogen and oxygen atoms in total. The zero-order valence-corrected chi connectivity index (χ0v) is 23.1. The lowest BCUT2D eigenvalue weighted by Crippen LogP contribution is -2.36. The molecule has 1 atom stereocenters. The van der Waals surface area contributed by atoms with Crippen LogP contribution in [0, 0.1) is 0 Å². The van der Waals surface area contributed by atoms with Crippen LogP contribution in [0.15, 0.2) is 77.2 Å². The Balaban J connectivity index is 1.43. The van der Waals surface area contributed by atoms with Gasteiger partial charge in [0.2, 0.25) is 5.78 Å². The standard InChI is InChI=1S/C32H31NO8/c1-37-27-18-21(19-28(38-2)29(27)23-6-4-5-7-24(23)32(35)36)25-12-13-26(41-25)30(34)31(39-3)20-8-10-22(11-9-20)33-14-16-40-17-15-33/h4-13,18-19,31H,14-17H2,1-3H3,(H,35,36). The molecule has 1 aliphatic heterocycles. The maximum atomic E-state index is 13.4. The highest BCUT2D eigenvalue weighted by Crippen LogP contribution is 2.43. The van der Waals surface area contributed by atoms with E-state index in [-0.39, 0.29) is 17.1 Å². The van der Waals surface area contributed by atoms with Gasteiger partial charge in [-0.3, -0.25) is 4.79 Å². The van der Waals surface area contributed by atoms with Crippen molar-refractivity contribution in [1.82, 2.24) is 0 Å². The number of Topliss-reactive ketones (excluding diaryl/α,β-unsaturated/α-hetero) is 1. The van der Waals surface area contributed by atoms with Gasteiger partial charge in [0.1, 0.15) is 23.4 Å². The number of hydrogen-bond acceptors (Lipinski definition) is 8. The average molecular weight is 558 g/mol. The molecular formula is C32H31NO8. The Bertz CT molecular complexity index is 1510. The monoisotopic (exact) mass is 557 g/mol. The van der Waals surface area contributed by atoms with E-state index in [1.54, 1.807) is 42.5 Å². The summed E-state index contributed by atoms with van der Waals surface area (Å²) in [6.45, 7) is 3.03. The highest BCUT2D eigenvalue weighted by atomic mass is 16.5. The summed E-state index contributed by atoms with van der Waals surface area (Å²) >= 11 is 0. The van der Waals surface area contributed by atoms with Gasteiger partial charge in [0.25, 0.3) is 0 Å². The van der Waals surface area contributed by atoms with Crippen molar-refractivity contribution in [3.8, 4) is 33.9 Å². The van der Waals surface area contributed by atoms with E-state index in [1.807, 2.05) is 24.3 Å². The molecule has 1 N–H and O–H groups in total.